The van der Waals surface area contributed by atoms with Crippen molar-refractivity contribution in [2.24, 2.45) is 0 Å². The first-order valence-corrected chi connectivity index (χ1v) is 10.5. The van der Waals surface area contributed by atoms with E-state index < -0.39 is 17.7 Å². The predicted molar refractivity (Wildman–Crippen MR) is 123 cm³/mol. The number of hydrogen-bond donors (Lipinski definition) is 1. The van der Waals surface area contributed by atoms with Crippen LogP contribution in [-0.4, -0.2) is 68.0 Å². The number of hydrogen-bond acceptors (Lipinski definition) is 6. The number of carbonyl (C=O) groups is 2. The van der Waals surface area contributed by atoms with E-state index in [1.165, 1.54) is 12.0 Å². The first kappa shape index (κ1) is 23.3. The Morgan fingerprint density at radius 3 is 2.41 bits per heavy atom. The number of methoxy groups -OCH3 is 2. The normalized spacial score (nSPS) is 17.8. The lowest BCUT2D eigenvalue weighted by Gasteiger charge is -2.27. The first-order valence-electron chi connectivity index (χ1n) is 10.5. The van der Waals surface area contributed by atoms with E-state index in [1.54, 1.807) is 25.3 Å². The van der Waals surface area contributed by atoms with Gasteiger partial charge in [0.05, 0.1) is 31.4 Å². The van der Waals surface area contributed by atoms with Crippen molar-refractivity contribution in [3.63, 3.8) is 0 Å². The van der Waals surface area contributed by atoms with Gasteiger partial charge in [0.25, 0.3) is 11.7 Å². The molecule has 1 fully saturated rings. The van der Waals surface area contributed by atoms with Crippen LogP contribution in [0.5, 0.6) is 11.5 Å². The maximum absolute atomic E-state index is 13.2. The number of ether oxygens (including phenoxy) is 2. The molecule has 2 aromatic carbocycles. The molecule has 1 saturated heterocycles. The van der Waals surface area contributed by atoms with E-state index >= 15 is 0 Å². The van der Waals surface area contributed by atoms with Crippen LogP contribution in [0.1, 0.15) is 29.2 Å². The van der Waals surface area contributed by atoms with Crippen LogP contribution in [0.15, 0.2) is 48.0 Å². The number of para-hydroxylation sites is 1. The number of likely N-dealkylation sites (tertiary alicyclic amines) is 1. The fourth-order valence-corrected chi connectivity index (χ4v) is 4.04. The Kier molecular flexibility index (Phi) is 7.20. The minimum atomic E-state index is -0.765. The molecule has 2 aromatic rings. The third-order valence-corrected chi connectivity index (χ3v) is 5.59. The molecular formula is C25H30N2O5. The zero-order valence-corrected chi connectivity index (χ0v) is 19.2. The first-order chi connectivity index (χ1) is 15.3. The Morgan fingerprint density at radius 1 is 1.06 bits per heavy atom. The van der Waals surface area contributed by atoms with E-state index in [2.05, 4.69) is 0 Å². The molecule has 0 spiro atoms. The molecule has 3 rings (SSSR count). The molecule has 1 amide bonds. The highest BCUT2D eigenvalue weighted by Gasteiger charge is 2.47. The molecule has 7 heteroatoms. The summed E-state index contributed by atoms with van der Waals surface area (Å²) in [6.07, 6.45) is 0.680. The van der Waals surface area contributed by atoms with Crippen LogP contribution in [0.25, 0.3) is 5.76 Å². The monoisotopic (exact) mass is 438 g/mol. The molecule has 0 aliphatic carbocycles. The van der Waals surface area contributed by atoms with Gasteiger partial charge in [-0.2, -0.15) is 0 Å². The molecule has 1 unspecified atom stereocenters. The minimum absolute atomic E-state index is 0.0354. The van der Waals surface area contributed by atoms with E-state index in [9.17, 15) is 14.7 Å². The molecule has 0 bridgehead atoms. The van der Waals surface area contributed by atoms with Gasteiger partial charge in [-0.1, -0.05) is 29.8 Å². The SMILES string of the molecule is COc1ccc(C)cc1/C(O)=C1\C(=O)C(=O)N(CCCN(C)C)C1c1ccccc1OC. The van der Waals surface area contributed by atoms with Crippen LogP contribution in [-0.2, 0) is 9.59 Å². The van der Waals surface area contributed by atoms with Gasteiger partial charge in [-0.25, -0.2) is 0 Å². The average Bonchev–Trinajstić information content (AvgIpc) is 3.03. The summed E-state index contributed by atoms with van der Waals surface area (Å²) in [5.74, 6) is -0.639. The zero-order chi connectivity index (χ0) is 23.4. The zero-order valence-electron chi connectivity index (χ0n) is 19.2. The Balaban J connectivity index is 2.20. The van der Waals surface area contributed by atoms with Gasteiger partial charge in [-0.05, 0) is 52.2 Å². The highest BCUT2D eigenvalue weighted by atomic mass is 16.5. The van der Waals surface area contributed by atoms with Crippen molar-refractivity contribution in [3.05, 3.63) is 64.7 Å². The summed E-state index contributed by atoms with van der Waals surface area (Å²) in [5.41, 5.74) is 1.94. The van der Waals surface area contributed by atoms with Gasteiger partial charge in [0.2, 0.25) is 0 Å². The second-order valence-corrected chi connectivity index (χ2v) is 8.10. The summed E-state index contributed by atoms with van der Waals surface area (Å²) >= 11 is 0. The molecule has 170 valence electrons. The standard InChI is InChI=1S/C25H30N2O5/c1-16-11-12-20(32-5)18(15-16)23(28)21-22(17-9-6-7-10-19(17)31-4)27(25(30)24(21)29)14-8-13-26(2)3/h6-7,9-12,15,22,28H,8,13-14H2,1-5H3/b23-21+. The number of aryl methyl sites for hydroxylation is 1. The van der Waals surface area contributed by atoms with Crippen molar-refractivity contribution in [3.8, 4) is 11.5 Å². The maximum atomic E-state index is 13.2. The molecule has 0 radical (unpaired) electrons. The molecule has 7 nitrogen and oxygen atoms in total. The van der Waals surface area contributed by atoms with E-state index in [4.69, 9.17) is 9.47 Å². The average molecular weight is 439 g/mol. The van der Waals surface area contributed by atoms with E-state index in [-0.39, 0.29) is 11.3 Å². The van der Waals surface area contributed by atoms with Gasteiger partial charge in [0, 0.05) is 12.1 Å². The summed E-state index contributed by atoms with van der Waals surface area (Å²) in [5, 5.41) is 11.3. The minimum Gasteiger partial charge on any atom is -0.507 e. The number of nitrogens with zero attached hydrogens (tertiary/aromatic N) is 2. The largest absolute Gasteiger partial charge is 0.507 e. The number of amides is 1. The summed E-state index contributed by atoms with van der Waals surface area (Å²) in [4.78, 5) is 29.8. The van der Waals surface area contributed by atoms with Crippen LogP contribution < -0.4 is 9.47 Å². The molecule has 1 aliphatic heterocycles. The van der Waals surface area contributed by atoms with Gasteiger partial charge >= 0.3 is 0 Å². The molecule has 32 heavy (non-hydrogen) atoms. The second-order valence-electron chi connectivity index (χ2n) is 8.10. The highest BCUT2D eigenvalue weighted by Crippen LogP contribution is 2.43. The quantitative estimate of drug-likeness (QED) is 0.387. The van der Waals surface area contributed by atoms with Crippen molar-refractivity contribution in [1.29, 1.82) is 0 Å². The van der Waals surface area contributed by atoms with Crippen molar-refractivity contribution in [2.75, 3.05) is 41.4 Å². The van der Waals surface area contributed by atoms with Crippen molar-refractivity contribution in [1.82, 2.24) is 9.80 Å². The number of Topliss-reactive ketones (excluding diaryl/α,β-unsaturated/α-hetero) is 1. The lowest BCUT2D eigenvalue weighted by molar-refractivity contribution is -0.140. The molecule has 0 saturated carbocycles. The number of carbonyl (C=O) groups excluding carboxylic acids is 2. The summed E-state index contributed by atoms with van der Waals surface area (Å²) in [6, 6.07) is 11.8. The van der Waals surface area contributed by atoms with E-state index in [0.717, 1.165) is 12.1 Å². The van der Waals surface area contributed by atoms with Crippen LogP contribution in [0.4, 0.5) is 0 Å². The number of aliphatic hydroxyl groups is 1. The third-order valence-electron chi connectivity index (χ3n) is 5.59. The van der Waals surface area contributed by atoms with Crippen LogP contribution in [0.2, 0.25) is 0 Å². The molecule has 1 N–H and O–H groups in total. The molecule has 1 heterocycles. The topological polar surface area (TPSA) is 79.3 Å². The Bertz CT molecular complexity index is 1040. The van der Waals surface area contributed by atoms with Crippen LogP contribution in [0, 0.1) is 6.92 Å². The molecule has 1 atom stereocenters. The second kappa shape index (κ2) is 9.87. The smallest absolute Gasteiger partial charge is 0.295 e. The summed E-state index contributed by atoms with van der Waals surface area (Å²) < 4.78 is 10.9. The van der Waals surface area contributed by atoms with Gasteiger partial charge in [0.1, 0.15) is 17.3 Å². The van der Waals surface area contributed by atoms with Gasteiger partial charge in [0.15, 0.2) is 0 Å². The van der Waals surface area contributed by atoms with Crippen LogP contribution in [0.3, 0.4) is 0 Å². The van der Waals surface area contributed by atoms with E-state index in [0.29, 0.717) is 35.6 Å². The number of aliphatic hydroxyl groups excluding tert-OH is 1. The molecule has 0 aromatic heterocycles. The summed E-state index contributed by atoms with van der Waals surface area (Å²) in [7, 11) is 6.95. The van der Waals surface area contributed by atoms with Crippen LogP contribution >= 0.6 is 0 Å². The lowest BCUT2D eigenvalue weighted by Crippen LogP contribution is -2.32. The summed E-state index contributed by atoms with van der Waals surface area (Å²) in [6.45, 7) is 3.01. The maximum Gasteiger partial charge on any atom is 0.295 e. The molecule has 1 aliphatic rings. The Hall–Kier alpha value is -3.32. The highest BCUT2D eigenvalue weighted by molar-refractivity contribution is 6.46. The van der Waals surface area contributed by atoms with Crippen molar-refractivity contribution < 1.29 is 24.2 Å². The molecular weight excluding hydrogens is 408 g/mol. The Morgan fingerprint density at radius 2 is 1.75 bits per heavy atom. The van der Waals surface area contributed by atoms with Crippen molar-refractivity contribution >= 4 is 17.4 Å². The third kappa shape index (κ3) is 4.48. The van der Waals surface area contributed by atoms with Gasteiger partial charge < -0.3 is 24.4 Å². The Labute approximate surface area is 188 Å². The fraction of sp³-hybridized carbons (Fsp3) is 0.360. The number of benzene rings is 2. The lowest BCUT2D eigenvalue weighted by atomic mass is 9.94. The van der Waals surface area contributed by atoms with Gasteiger partial charge in [-0.3, -0.25) is 9.59 Å². The van der Waals surface area contributed by atoms with Crippen molar-refractivity contribution in [2.45, 2.75) is 19.4 Å². The predicted octanol–water partition coefficient (Wildman–Crippen LogP) is 3.39. The number of ketones is 1. The van der Waals surface area contributed by atoms with E-state index in [1.807, 2.05) is 50.2 Å². The fourth-order valence-electron chi connectivity index (χ4n) is 4.04. The van der Waals surface area contributed by atoms with Gasteiger partial charge in [-0.15, -0.1) is 0 Å². The number of rotatable bonds is 8.